The molecule has 0 spiro atoms. The Balaban J connectivity index is 1.93. The van der Waals surface area contributed by atoms with Gasteiger partial charge in [0.05, 0.1) is 0 Å². The van der Waals surface area contributed by atoms with Gasteiger partial charge in [-0.2, -0.15) is 0 Å². The van der Waals surface area contributed by atoms with Gasteiger partial charge in [0, 0.05) is 12.1 Å². The molecule has 3 N–H and O–H groups in total. The largest absolute Gasteiger partial charge is 0.352 e. The smallest absolute Gasteiger partial charge is 0.251 e. The van der Waals surface area contributed by atoms with E-state index in [1.54, 1.807) is 0 Å². The molecule has 0 heterocycles. The summed E-state index contributed by atoms with van der Waals surface area (Å²) in [6.45, 7) is 3.48. The van der Waals surface area contributed by atoms with Crippen molar-refractivity contribution in [2.75, 3.05) is 13.1 Å². The summed E-state index contributed by atoms with van der Waals surface area (Å²) in [6, 6.07) is 6.08. The van der Waals surface area contributed by atoms with Crippen molar-refractivity contribution < 1.29 is 4.79 Å². The molecule has 0 saturated carbocycles. The van der Waals surface area contributed by atoms with Crippen LogP contribution in [0.4, 0.5) is 0 Å². The molecule has 3 nitrogen and oxygen atoms in total. The number of nitrogens with one attached hydrogen (secondary N) is 1. The summed E-state index contributed by atoms with van der Waals surface area (Å²) in [5, 5.41) is 2.98. The lowest BCUT2D eigenvalue weighted by molar-refractivity contribution is 0.0947. The van der Waals surface area contributed by atoms with E-state index in [4.69, 9.17) is 5.73 Å². The number of aryl methyl sites for hydroxylation is 2. The van der Waals surface area contributed by atoms with Crippen molar-refractivity contribution in [3.05, 3.63) is 34.9 Å². The van der Waals surface area contributed by atoms with E-state index in [0.717, 1.165) is 24.8 Å². The molecule has 1 aromatic carbocycles. The average molecular weight is 246 g/mol. The minimum absolute atomic E-state index is 0.0357. The molecule has 98 valence electrons. The van der Waals surface area contributed by atoms with Gasteiger partial charge < -0.3 is 11.1 Å². The third kappa shape index (κ3) is 3.10. The average Bonchev–Trinajstić information content (AvgIpc) is 2.83. The third-order valence-corrected chi connectivity index (χ3v) is 3.63. The first-order valence-electron chi connectivity index (χ1n) is 6.80. The number of carbonyl (C=O) groups is 1. The van der Waals surface area contributed by atoms with Gasteiger partial charge >= 0.3 is 0 Å². The molecule has 1 unspecified atom stereocenters. The van der Waals surface area contributed by atoms with E-state index >= 15 is 0 Å². The molecule has 0 aromatic heterocycles. The Bertz CT molecular complexity index is 429. The summed E-state index contributed by atoms with van der Waals surface area (Å²) >= 11 is 0. The highest BCUT2D eigenvalue weighted by molar-refractivity contribution is 5.94. The molecular formula is C15H22N2O. The highest BCUT2D eigenvalue weighted by atomic mass is 16.1. The minimum Gasteiger partial charge on any atom is -0.352 e. The number of carbonyl (C=O) groups excluding carboxylic acids is 1. The maximum absolute atomic E-state index is 12.0. The molecule has 0 fully saturated rings. The van der Waals surface area contributed by atoms with Crippen LogP contribution in [-0.4, -0.2) is 19.0 Å². The van der Waals surface area contributed by atoms with E-state index in [1.165, 1.54) is 17.5 Å². The highest BCUT2D eigenvalue weighted by Crippen LogP contribution is 2.22. The Morgan fingerprint density at radius 2 is 2.17 bits per heavy atom. The van der Waals surface area contributed by atoms with Crippen molar-refractivity contribution in [2.45, 2.75) is 32.6 Å². The maximum Gasteiger partial charge on any atom is 0.251 e. The molecule has 0 saturated heterocycles. The second-order valence-corrected chi connectivity index (χ2v) is 5.23. The van der Waals surface area contributed by atoms with Crippen LogP contribution in [0.3, 0.4) is 0 Å². The summed E-state index contributed by atoms with van der Waals surface area (Å²) in [4.78, 5) is 12.0. The molecule has 1 aliphatic carbocycles. The van der Waals surface area contributed by atoms with Crippen molar-refractivity contribution in [1.29, 1.82) is 0 Å². The topological polar surface area (TPSA) is 55.1 Å². The van der Waals surface area contributed by atoms with E-state index in [2.05, 4.69) is 18.3 Å². The van der Waals surface area contributed by atoms with Gasteiger partial charge in [-0.1, -0.05) is 13.0 Å². The van der Waals surface area contributed by atoms with Crippen LogP contribution in [0.2, 0.25) is 0 Å². The monoisotopic (exact) mass is 246 g/mol. The normalized spacial score (nSPS) is 15.2. The Labute approximate surface area is 109 Å². The number of nitrogens with two attached hydrogens (primary N) is 1. The lowest BCUT2D eigenvalue weighted by Gasteiger charge is -2.12. The van der Waals surface area contributed by atoms with E-state index in [1.807, 2.05) is 12.1 Å². The summed E-state index contributed by atoms with van der Waals surface area (Å²) in [5.41, 5.74) is 9.03. The van der Waals surface area contributed by atoms with Gasteiger partial charge in [0.1, 0.15) is 0 Å². The van der Waals surface area contributed by atoms with Crippen LogP contribution in [0.25, 0.3) is 0 Å². The zero-order valence-corrected chi connectivity index (χ0v) is 11.0. The number of hydrogen-bond donors (Lipinski definition) is 2. The van der Waals surface area contributed by atoms with Crippen molar-refractivity contribution in [3.8, 4) is 0 Å². The highest BCUT2D eigenvalue weighted by Gasteiger charge is 2.14. The maximum atomic E-state index is 12.0. The van der Waals surface area contributed by atoms with E-state index in [9.17, 15) is 4.79 Å². The lowest BCUT2D eigenvalue weighted by atomic mass is 10.1. The van der Waals surface area contributed by atoms with Crippen molar-refractivity contribution in [2.24, 2.45) is 11.7 Å². The molecule has 0 radical (unpaired) electrons. The van der Waals surface area contributed by atoms with Gasteiger partial charge in [0.25, 0.3) is 5.91 Å². The Morgan fingerprint density at radius 3 is 2.94 bits per heavy atom. The first-order chi connectivity index (χ1) is 8.70. The number of benzene rings is 1. The van der Waals surface area contributed by atoms with E-state index < -0.39 is 0 Å². The minimum atomic E-state index is 0.0357. The van der Waals surface area contributed by atoms with Gasteiger partial charge in [-0.05, 0) is 61.4 Å². The SMILES string of the molecule is CC(CCN)CNC(=O)c1ccc2c(c1)CCC2. The fraction of sp³-hybridized carbons (Fsp3) is 0.533. The first-order valence-corrected chi connectivity index (χ1v) is 6.80. The van der Waals surface area contributed by atoms with E-state index in [-0.39, 0.29) is 5.91 Å². The predicted molar refractivity (Wildman–Crippen MR) is 73.6 cm³/mol. The number of rotatable bonds is 5. The number of amides is 1. The van der Waals surface area contributed by atoms with Crippen LogP contribution < -0.4 is 11.1 Å². The van der Waals surface area contributed by atoms with Gasteiger partial charge in [-0.25, -0.2) is 0 Å². The number of hydrogen-bond acceptors (Lipinski definition) is 2. The summed E-state index contributed by atoms with van der Waals surface area (Å²) in [5.74, 6) is 0.474. The molecule has 3 heteroatoms. The fourth-order valence-corrected chi connectivity index (χ4v) is 2.47. The molecule has 18 heavy (non-hydrogen) atoms. The molecule has 1 atom stereocenters. The Kier molecular flexibility index (Phi) is 4.37. The van der Waals surface area contributed by atoms with Gasteiger partial charge in [0.2, 0.25) is 0 Å². The van der Waals surface area contributed by atoms with Crippen LogP contribution in [0.15, 0.2) is 18.2 Å². The molecule has 1 aliphatic rings. The van der Waals surface area contributed by atoms with E-state index in [0.29, 0.717) is 19.0 Å². The van der Waals surface area contributed by atoms with Crippen LogP contribution in [0.5, 0.6) is 0 Å². The standard InChI is InChI=1S/C15H22N2O/c1-11(7-8-16)10-17-15(18)14-6-5-12-3-2-4-13(12)9-14/h5-6,9,11H,2-4,7-8,10,16H2,1H3,(H,17,18). The zero-order valence-electron chi connectivity index (χ0n) is 11.0. The lowest BCUT2D eigenvalue weighted by Crippen LogP contribution is -2.29. The zero-order chi connectivity index (χ0) is 13.0. The van der Waals surface area contributed by atoms with Crippen LogP contribution in [-0.2, 0) is 12.8 Å². The van der Waals surface area contributed by atoms with Crippen molar-refractivity contribution >= 4 is 5.91 Å². The fourth-order valence-electron chi connectivity index (χ4n) is 2.47. The molecular weight excluding hydrogens is 224 g/mol. The molecule has 1 amide bonds. The van der Waals surface area contributed by atoms with Crippen molar-refractivity contribution in [3.63, 3.8) is 0 Å². The first kappa shape index (κ1) is 13.1. The Morgan fingerprint density at radius 1 is 1.39 bits per heavy atom. The van der Waals surface area contributed by atoms with Crippen molar-refractivity contribution in [1.82, 2.24) is 5.32 Å². The molecule has 1 aromatic rings. The van der Waals surface area contributed by atoms with Crippen LogP contribution in [0.1, 0.15) is 41.3 Å². The summed E-state index contributed by atoms with van der Waals surface area (Å²) < 4.78 is 0. The molecule has 0 bridgehead atoms. The second-order valence-electron chi connectivity index (χ2n) is 5.23. The van der Waals surface area contributed by atoms with Gasteiger partial charge in [-0.3, -0.25) is 4.79 Å². The second kappa shape index (κ2) is 6.01. The Hall–Kier alpha value is -1.35. The quantitative estimate of drug-likeness (QED) is 0.833. The van der Waals surface area contributed by atoms with Gasteiger partial charge in [-0.15, -0.1) is 0 Å². The molecule has 0 aliphatic heterocycles. The van der Waals surface area contributed by atoms with Crippen LogP contribution in [0, 0.1) is 5.92 Å². The molecule has 2 rings (SSSR count). The third-order valence-electron chi connectivity index (χ3n) is 3.63. The van der Waals surface area contributed by atoms with Crippen LogP contribution >= 0.6 is 0 Å². The summed E-state index contributed by atoms with van der Waals surface area (Å²) in [7, 11) is 0. The summed E-state index contributed by atoms with van der Waals surface area (Å²) in [6.07, 6.45) is 4.43. The predicted octanol–water partition coefficient (Wildman–Crippen LogP) is 1.89. The van der Waals surface area contributed by atoms with Gasteiger partial charge in [0.15, 0.2) is 0 Å². The number of fused-ring (bicyclic) bond motifs is 1.